The number of carbonyl (C=O) groups is 1. The Labute approximate surface area is 193 Å². The maximum absolute atomic E-state index is 12.7. The summed E-state index contributed by atoms with van der Waals surface area (Å²) in [5.74, 6) is 0.850. The van der Waals surface area contributed by atoms with E-state index in [0.29, 0.717) is 31.0 Å². The third-order valence-corrected chi connectivity index (χ3v) is 6.56. The van der Waals surface area contributed by atoms with Crippen molar-refractivity contribution in [3.8, 4) is 5.75 Å². The number of para-hydroxylation sites is 1. The van der Waals surface area contributed by atoms with Crippen molar-refractivity contribution in [3.05, 3.63) is 66.3 Å². The lowest BCUT2D eigenvalue weighted by atomic mass is 10.1. The van der Waals surface area contributed by atoms with Crippen LogP contribution >= 0.6 is 15.9 Å². The molecule has 2 heterocycles. The number of furan rings is 1. The molecule has 0 unspecified atom stereocenters. The van der Waals surface area contributed by atoms with Gasteiger partial charge < -0.3 is 25.1 Å². The molecule has 1 amide bonds. The van der Waals surface area contributed by atoms with Gasteiger partial charge in [-0.25, -0.2) is 0 Å². The van der Waals surface area contributed by atoms with E-state index in [9.17, 15) is 19.5 Å². The Balaban J connectivity index is 1.59. The smallest absolute Gasteiger partial charge is 0.257 e. The van der Waals surface area contributed by atoms with Gasteiger partial charge in [-0.1, -0.05) is 13.0 Å². The largest absolute Gasteiger partial charge is 0.505 e. The lowest BCUT2D eigenvalue weighted by Gasteiger charge is -2.21. The number of hydrogen-bond acceptors (Lipinski definition) is 7. The fourth-order valence-corrected chi connectivity index (χ4v) is 4.20. The van der Waals surface area contributed by atoms with Gasteiger partial charge in [-0.15, -0.1) is 0 Å². The number of nitrogens with one attached hydrogen (secondary N) is 2. The zero-order valence-corrected chi connectivity index (χ0v) is 19.4. The average Bonchev–Trinajstić information content (AvgIpc) is 3.44. The number of halogens is 1. The van der Waals surface area contributed by atoms with Crippen molar-refractivity contribution >= 4 is 38.9 Å². The van der Waals surface area contributed by atoms with E-state index in [2.05, 4.69) is 26.6 Å². The normalized spacial score (nSPS) is 14.7. The van der Waals surface area contributed by atoms with Crippen molar-refractivity contribution in [1.29, 1.82) is 0 Å². The Kier molecular flexibility index (Phi) is 6.10. The number of likely N-dealkylation sites (tertiary alicyclic amines) is 1. The van der Waals surface area contributed by atoms with E-state index in [1.165, 1.54) is 0 Å². The van der Waals surface area contributed by atoms with Crippen LogP contribution in [-0.2, 0) is 0 Å². The molecule has 0 aliphatic carbocycles. The van der Waals surface area contributed by atoms with Gasteiger partial charge in [-0.05, 0) is 60.3 Å². The highest BCUT2D eigenvalue weighted by atomic mass is 79.9. The summed E-state index contributed by atoms with van der Waals surface area (Å²) in [5.41, 5.74) is -0.797. The molecule has 0 radical (unpaired) electrons. The topological polar surface area (TPSA) is 112 Å². The van der Waals surface area contributed by atoms with E-state index >= 15 is 0 Å². The van der Waals surface area contributed by atoms with Crippen LogP contribution in [0.3, 0.4) is 0 Å². The van der Waals surface area contributed by atoms with Crippen LogP contribution in [0.1, 0.15) is 54.1 Å². The molecule has 3 N–H and O–H groups in total. The minimum atomic E-state index is -0.685. The number of aryl methyl sites for hydroxylation is 1. The zero-order chi connectivity index (χ0) is 23.0. The molecule has 168 valence electrons. The number of rotatable bonds is 7. The van der Waals surface area contributed by atoms with Crippen LogP contribution in [-0.4, -0.2) is 29.0 Å². The maximum atomic E-state index is 12.7. The Morgan fingerprint density at radius 2 is 1.91 bits per heavy atom. The fraction of sp³-hybridized carbons (Fsp3) is 0.348. The highest BCUT2D eigenvalue weighted by Gasteiger charge is 2.27. The van der Waals surface area contributed by atoms with Gasteiger partial charge in [0.05, 0.1) is 21.8 Å². The van der Waals surface area contributed by atoms with Gasteiger partial charge in [0.25, 0.3) is 16.8 Å². The van der Waals surface area contributed by atoms with Crippen molar-refractivity contribution in [2.75, 3.05) is 23.7 Å². The van der Waals surface area contributed by atoms with Crippen LogP contribution in [0.15, 0.2) is 42.7 Å². The molecule has 8 nitrogen and oxygen atoms in total. The van der Waals surface area contributed by atoms with Gasteiger partial charge in [0, 0.05) is 13.1 Å². The average molecular weight is 502 g/mol. The van der Waals surface area contributed by atoms with E-state index in [4.69, 9.17) is 4.42 Å². The number of carbonyl (C=O) groups excluding carboxylic acids is 1. The van der Waals surface area contributed by atoms with Crippen LogP contribution < -0.4 is 21.5 Å². The Hall–Kier alpha value is -3.07. The molecule has 3 aromatic rings. The fourth-order valence-electron chi connectivity index (χ4n) is 3.89. The molecule has 4 rings (SSSR count). The van der Waals surface area contributed by atoms with Crippen LogP contribution in [0.25, 0.3) is 0 Å². The number of anilines is 3. The molecule has 32 heavy (non-hydrogen) atoms. The van der Waals surface area contributed by atoms with Crippen molar-refractivity contribution in [2.45, 2.75) is 39.2 Å². The summed E-state index contributed by atoms with van der Waals surface area (Å²) in [4.78, 5) is 39.0. The van der Waals surface area contributed by atoms with Gasteiger partial charge in [-0.3, -0.25) is 14.4 Å². The summed E-state index contributed by atoms with van der Waals surface area (Å²) >= 11 is 3.41. The van der Waals surface area contributed by atoms with Crippen LogP contribution in [0.5, 0.6) is 5.75 Å². The first-order valence-electron chi connectivity index (χ1n) is 10.6. The number of hydrogen-bond donors (Lipinski definition) is 3. The molecular formula is C23H24BrN3O5. The lowest BCUT2D eigenvalue weighted by molar-refractivity contribution is 0.0790. The summed E-state index contributed by atoms with van der Waals surface area (Å²) in [6.45, 7) is 5.07. The molecule has 0 spiro atoms. The van der Waals surface area contributed by atoms with E-state index in [1.54, 1.807) is 23.1 Å². The molecule has 1 aliphatic heterocycles. The Bertz CT molecular complexity index is 1220. The second-order valence-corrected chi connectivity index (χ2v) is 8.75. The zero-order valence-electron chi connectivity index (χ0n) is 17.8. The molecule has 2 aromatic carbocycles. The second kappa shape index (κ2) is 8.82. The quantitative estimate of drug-likeness (QED) is 0.328. The summed E-state index contributed by atoms with van der Waals surface area (Å²) in [6.07, 6.45) is 2.49. The van der Waals surface area contributed by atoms with Gasteiger partial charge in [0.2, 0.25) is 0 Å². The third kappa shape index (κ3) is 3.92. The van der Waals surface area contributed by atoms with E-state index in [-0.39, 0.29) is 40.3 Å². The van der Waals surface area contributed by atoms with Gasteiger partial charge in [0.1, 0.15) is 22.9 Å². The van der Waals surface area contributed by atoms with Crippen molar-refractivity contribution in [3.63, 3.8) is 0 Å². The molecule has 0 saturated carbocycles. The Morgan fingerprint density at radius 1 is 1.22 bits per heavy atom. The number of phenols is 1. The SMILES string of the molecule is CC[C@@H](Nc1c(Nc2cccc(C(=O)N3CCCC3)c2O)c(=O)c1=O)c1cc(Br)c(C)o1. The van der Waals surface area contributed by atoms with E-state index in [1.807, 2.05) is 19.9 Å². The number of phenolic OH excluding ortho intramolecular Hbond substituents is 1. The highest BCUT2D eigenvalue weighted by molar-refractivity contribution is 9.10. The second-order valence-electron chi connectivity index (χ2n) is 7.89. The van der Waals surface area contributed by atoms with Gasteiger partial charge in [0.15, 0.2) is 5.75 Å². The summed E-state index contributed by atoms with van der Waals surface area (Å²) in [7, 11) is 0. The number of aromatic hydroxyl groups is 1. The molecular weight excluding hydrogens is 478 g/mol. The maximum Gasteiger partial charge on any atom is 0.257 e. The third-order valence-electron chi connectivity index (χ3n) is 5.78. The standard InChI is InChI=1S/C23H24BrN3O5/c1-3-15(17-11-14(24)12(2)32-17)25-18-19(22(30)21(18)29)26-16-8-6-7-13(20(16)28)23(31)27-9-4-5-10-27/h6-8,11,15,25-26,28H,3-5,9-10H2,1-2H3/t15-/m1/s1. The molecule has 1 fully saturated rings. The minimum Gasteiger partial charge on any atom is -0.505 e. The molecule has 9 heteroatoms. The van der Waals surface area contributed by atoms with Gasteiger partial charge in [-0.2, -0.15) is 0 Å². The van der Waals surface area contributed by atoms with Crippen LogP contribution in [0.4, 0.5) is 17.1 Å². The van der Waals surface area contributed by atoms with E-state index in [0.717, 1.165) is 17.3 Å². The summed E-state index contributed by atoms with van der Waals surface area (Å²) < 4.78 is 6.55. The number of benzene rings is 1. The lowest BCUT2D eigenvalue weighted by Crippen LogP contribution is -2.37. The predicted molar refractivity (Wildman–Crippen MR) is 126 cm³/mol. The van der Waals surface area contributed by atoms with Crippen molar-refractivity contribution < 1.29 is 14.3 Å². The van der Waals surface area contributed by atoms with Crippen molar-refractivity contribution in [2.24, 2.45) is 0 Å². The highest BCUT2D eigenvalue weighted by Crippen LogP contribution is 2.34. The van der Waals surface area contributed by atoms with Crippen LogP contribution in [0.2, 0.25) is 0 Å². The molecule has 1 aromatic heterocycles. The summed E-state index contributed by atoms with van der Waals surface area (Å²) in [5, 5.41) is 16.6. The first-order valence-corrected chi connectivity index (χ1v) is 11.3. The number of amides is 1. The summed E-state index contributed by atoms with van der Waals surface area (Å²) in [6, 6.07) is 6.24. The van der Waals surface area contributed by atoms with Gasteiger partial charge >= 0.3 is 0 Å². The first kappa shape index (κ1) is 22.1. The molecule has 1 saturated heterocycles. The van der Waals surface area contributed by atoms with Crippen LogP contribution in [0, 0.1) is 6.92 Å². The van der Waals surface area contributed by atoms with E-state index < -0.39 is 10.9 Å². The molecule has 1 atom stereocenters. The molecule has 0 bridgehead atoms. The first-order chi connectivity index (χ1) is 15.3. The monoisotopic (exact) mass is 501 g/mol. The minimum absolute atomic E-state index is 0.0527. The molecule has 1 aliphatic rings. The Morgan fingerprint density at radius 3 is 2.53 bits per heavy atom. The number of nitrogens with zero attached hydrogens (tertiary/aromatic N) is 1. The predicted octanol–water partition coefficient (Wildman–Crippen LogP) is 4.19. The van der Waals surface area contributed by atoms with Crippen molar-refractivity contribution in [1.82, 2.24) is 4.90 Å².